The molecule has 1 atom stereocenters. The molecule has 0 amide bonds. The summed E-state index contributed by atoms with van der Waals surface area (Å²) in [6.07, 6.45) is 15.1. The fraction of sp³-hybridized carbons (Fsp3) is 0.550. The van der Waals surface area contributed by atoms with Crippen molar-refractivity contribution in [1.82, 2.24) is 14.5 Å². The van der Waals surface area contributed by atoms with E-state index in [1.165, 1.54) is 63.6 Å². The maximum atomic E-state index is 4.12. The van der Waals surface area contributed by atoms with Crippen LogP contribution in [0.4, 0.5) is 0 Å². The number of piperidine rings is 1. The number of hydrogen-bond donors (Lipinski definition) is 0. The van der Waals surface area contributed by atoms with Gasteiger partial charge in [0, 0.05) is 25.0 Å². The number of likely N-dealkylation sites (tertiary alicyclic amines) is 1. The molecule has 0 N–H and O–H groups in total. The Morgan fingerprint density at radius 3 is 2.78 bits per heavy atom. The minimum Gasteiger partial charge on any atom is -0.337 e. The third-order valence-electron chi connectivity index (χ3n) is 5.02. The number of nitrogens with zero attached hydrogens (tertiary/aromatic N) is 3. The van der Waals surface area contributed by atoms with Crippen LogP contribution in [-0.4, -0.2) is 33.6 Å². The Balaban J connectivity index is 1.40. The lowest BCUT2D eigenvalue weighted by Gasteiger charge is -2.36. The molecule has 3 nitrogen and oxygen atoms in total. The lowest BCUT2D eigenvalue weighted by Crippen LogP contribution is -2.40. The summed E-state index contributed by atoms with van der Waals surface area (Å²) in [5.74, 6) is 0. The Kier molecular flexibility index (Phi) is 6.27. The Morgan fingerprint density at radius 1 is 1.04 bits per heavy atom. The Hall–Kier alpha value is -1.61. The first-order valence-corrected chi connectivity index (χ1v) is 9.15. The fourth-order valence-electron chi connectivity index (χ4n) is 3.74. The first kappa shape index (κ1) is 16.3. The van der Waals surface area contributed by atoms with E-state index in [2.05, 4.69) is 51.0 Å². The zero-order valence-corrected chi connectivity index (χ0v) is 14.1. The van der Waals surface area contributed by atoms with Crippen molar-refractivity contribution in [3.8, 4) is 0 Å². The highest BCUT2D eigenvalue weighted by Gasteiger charge is 2.21. The molecule has 1 aromatic carbocycles. The Labute approximate surface area is 140 Å². The average molecular weight is 311 g/mol. The molecule has 3 heteroatoms. The maximum absolute atomic E-state index is 4.12. The van der Waals surface area contributed by atoms with Crippen LogP contribution in [0.3, 0.4) is 0 Å². The third-order valence-corrected chi connectivity index (χ3v) is 5.02. The zero-order valence-electron chi connectivity index (χ0n) is 14.1. The normalized spacial score (nSPS) is 19.0. The third kappa shape index (κ3) is 5.21. The molecule has 1 aliphatic heterocycles. The summed E-state index contributed by atoms with van der Waals surface area (Å²) in [5.41, 5.74) is 1.47. The first-order chi connectivity index (χ1) is 11.4. The SMILES string of the molecule is c1ccc(CCCN2CCCCC2CCCn2ccnc2)cc1. The molecule has 1 aliphatic rings. The second-order valence-corrected chi connectivity index (χ2v) is 6.72. The Morgan fingerprint density at radius 2 is 1.96 bits per heavy atom. The van der Waals surface area contributed by atoms with Gasteiger partial charge in [0.2, 0.25) is 0 Å². The number of rotatable bonds is 8. The van der Waals surface area contributed by atoms with E-state index in [1.807, 2.05) is 12.5 Å². The molecule has 3 rings (SSSR count). The van der Waals surface area contributed by atoms with E-state index in [0.717, 1.165) is 12.6 Å². The van der Waals surface area contributed by atoms with Gasteiger partial charge in [-0.05, 0) is 57.2 Å². The molecular formula is C20H29N3. The highest BCUT2D eigenvalue weighted by atomic mass is 15.2. The highest BCUT2D eigenvalue weighted by molar-refractivity contribution is 5.14. The second-order valence-electron chi connectivity index (χ2n) is 6.72. The Bertz CT molecular complexity index is 535. The van der Waals surface area contributed by atoms with Gasteiger partial charge in [-0.25, -0.2) is 4.98 Å². The van der Waals surface area contributed by atoms with Gasteiger partial charge in [0.15, 0.2) is 0 Å². The van der Waals surface area contributed by atoms with Gasteiger partial charge in [0.05, 0.1) is 6.33 Å². The van der Waals surface area contributed by atoms with Crippen LogP contribution in [0.15, 0.2) is 49.1 Å². The minimum atomic E-state index is 0.794. The standard InChI is InChI=1S/C20H29N3/c1-2-8-19(9-3-1)10-6-16-23-15-5-4-11-20(23)12-7-14-22-17-13-21-18-22/h1-3,8-9,13,17-18,20H,4-7,10-12,14-16H2. The monoisotopic (exact) mass is 311 g/mol. The van der Waals surface area contributed by atoms with Crippen molar-refractivity contribution in [2.45, 2.75) is 57.5 Å². The molecule has 2 aromatic rings. The summed E-state index contributed by atoms with van der Waals surface area (Å²) in [4.78, 5) is 6.87. The van der Waals surface area contributed by atoms with E-state index < -0.39 is 0 Å². The number of aryl methyl sites for hydroxylation is 2. The van der Waals surface area contributed by atoms with Crippen LogP contribution < -0.4 is 0 Å². The van der Waals surface area contributed by atoms with Crippen LogP contribution in [0.2, 0.25) is 0 Å². The van der Waals surface area contributed by atoms with Crippen LogP contribution in [0.25, 0.3) is 0 Å². The van der Waals surface area contributed by atoms with Gasteiger partial charge in [-0.15, -0.1) is 0 Å². The molecule has 1 fully saturated rings. The molecule has 1 unspecified atom stereocenters. The predicted molar refractivity (Wildman–Crippen MR) is 95.4 cm³/mol. The molecule has 2 heterocycles. The van der Waals surface area contributed by atoms with E-state index >= 15 is 0 Å². The number of imidazole rings is 1. The molecule has 0 radical (unpaired) electrons. The summed E-state index contributed by atoms with van der Waals surface area (Å²) in [6.45, 7) is 3.66. The average Bonchev–Trinajstić information content (AvgIpc) is 3.11. The molecule has 1 aromatic heterocycles. The molecule has 0 saturated carbocycles. The van der Waals surface area contributed by atoms with E-state index in [0.29, 0.717) is 0 Å². The smallest absolute Gasteiger partial charge is 0.0945 e. The van der Waals surface area contributed by atoms with Gasteiger partial charge in [-0.1, -0.05) is 36.8 Å². The van der Waals surface area contributed by atoms with Gasteiger partial charge in [0.25, 0.3) is 0 Å². The van der Waals surface area contributed by atoms with Crippen LogP contribution in [-0.2, 0) is 13.0 Å². The van der Waals surface area contributed by atoms with Crippen LogP contribution in [0, 0.1) is 0 Å². The lowest BCUT2D eigenvalue weighted by atomic mass is 9.97. The van der Waals surface area contributed by atoms with Gasteiger partial charge < -0.3 is 9.47 Å². The van der Waals surface area contributed by atoms with E-state index in [9.17, 15) is 0 Å². The van der Waals surface area contributed by atoms with Crippen molar-refractivity contribution in [2.75, 3.05) is 13.1 Å². The van der Waals surface area contributed by atoms with Gasteiger partial charge in [-0.2, -0.15) is 0 Å². The quantitative estimate of drug-likeness (QED) is 0.730. The number of aromatic nitrogens is 2. The molecule has 0 spiro atoms. The summed E-state index contributed by atoms with van der Waals surface area (Å²) < 4.78 is 2.20. The lowest BCUT2D eigenvalue weighted by molar-refractivity contribution is 0.135. The van der Waals surface area contributed by atoms with Gasteiger partial charge in [0.1, 0.15) is 0 Å². The van der Waals surface area contributed by atoms with Crippen LogP contribution >= 0.6 is 0 Å². The number of benzene rings is 1. The molecule has 0 aliphatic carbocycles. The van der Waals surface area contributed by atoms with E-state index in [4.69, 9.17) is 0 Å². The predicted octanol–water partition coefficient (Wildman–Crippen LogP) is 4.15. The van der Waals surface area contributed by atoms with Crippen molar-refractivity contribution in [3.63, 3.8) is 0 Å². The number of hydrogen-bond acceptors (Lipinski definition) is 2. The molecule has 1 saturated heterocycles. The van der Waals surface area contributed by atoms with E-state index in [1.54, 1.807) is 0 Å². The highest BCUT2D eigenvalue weighted by Crippen LogP contribution is 2.21. The van der Waals surface area contributed by atoms with Crippen LogP contribution in [0.5, 0.6) is 0 Å². The summed E-state index contributed by atoms with van der Waals surface area (Å²) in [5, 5.41) is 0. The second kappa shape index (κ2) is 8.88. The molecule has 124 valence electrons. The van der Waals surface area contributed by atoms with Crippen LogP contribution in [0.1, 0.15) is 44.1 Å². The molecule has 23 heavy (non-hydrogen) atoms. The van der Waals surface area contributed by atoms with Gasteiger partial charge in [-0.3, -0.25) is 0 Å². The summed E-state index contributed by atoms with van der Waals surface area (Å²) >= 11 is 0. The first-order valence-electron chi connectivity index (χ1n) is 9.15. The fourth-order valence-corrected chi connectivity index (χ4v) is 3.74. The maximum Gasteiger partial charge on any atom is 0.0945 e. The zero-order chi connectivity index (χ0) is 15.7. The molecule has 0 bridgehead atoms. The van der Waals surface area contributed by atoms with Crippen molar-refractivity contribution in [3.05, 3.63) is 54.6 Å². The molecular weight excluding hydrogens is 282 g/mol. The topological polar surface area (TPSA) is 21.1 Å². The van der Waals surface area contributed by atoms with Crippen molar-refractivity contribution in [1.29, 1.82) is 0 Å². The van der Waals surface area contributed by atoms with Crippen molar-refractivity contribution < 1.29 is 0 Å². The minimum absolute atomic E-state index is 0.794. The summed E-state index contributed by atoms with van der Waals surface area (Å²) in [6, 6.07) is 11.7. The van der Waals surface area contributed by atoms with E-state index in [-0.39, 0.29) is 0 Å². The van der Waals surface area contributed by atoms with Crippen molar-refractivity contribution in [2.24, 2.45) is 0 Å². The largest absolute Gasteiger partial charge is 0.337 e. The summed E-state index contributed by atoms with van der Waals surface area (Å²) in [7, 11) is 0. The van der Waals surface area contributed by atoms with Crippen molar-refractivity contribution >= 4 is 0 Å². The van der Waals surface area contributed by atoms with Gasteiger partial charge >= 0.3 is 0 Å².